The molecular weight excluding hydrogens is 228 g/mol. The lowest BCUT2D eigenvalue weighted by Crippen LogP contribution is -1.96. The molecule has 0 radical (unpaired) electrons. The first kappa shape index (κ1) is 10.9. The smallest absolute Gasteiger partial charge is 0.212 e. The first-order valence-electron chi connectivity index (χ1n) is 4.60. The van der Waals surface area contributed by atoms with E-state index in [0.717, 1.165) is 21.4 Å². The van der Waals surface area contributed by atoms with E-state index in [0.29, 0.717) is 6.61 Å². The normalized spacial score (nSPS) is 10.6. The number of ether oxygens (including phenoxy) is 1. The van der Waals surface area contributed by atoms with Crippen LogP contribution in [0.25, 0.3) is 15.4 Å². The summed E-state index contributed by atoms with van der Waals surface area (Å²) >= 11 is 1.47. The highest BCUT2D eigenvalue weighted by Gasteiger charge is 2.12. The highest BCUT2D eigenvalue weighted by atomic mass is 32.1. The van der Waals surface area contributed by atoms with E-state index in [1.807, 2.05) is 6.92 Å². The SMILES string of the molecule is COCc1nn2c(CN=[N+]=[N-])c(C)nc2s1. The fraction of sp³-hybridized carbons (Fsp3) is 0.500. The molecule has 0 bridgehead atoms. The van der Waals surface area contributed by atoms with Crippen molar-refractivity contribution in [2.24, 2.45) is 5.11 Å². The monoisotopic (exact) mass is 238 g/mol. The van der Waals surface area contributed by atoms with Crippen LogP contribution in [-0.4, -0.2) is 21.7 Å². The van der Waals surface area contributed by atoms with Crippen LogP contribution in [0.15, 0.2) is 5.11 Å². The van der Waals surface area contributed by atoms with Gasteiger partial charge in [0.1, 0.15) is 5.01 Å². The second-order valence-electron chi connectivity index (χ2n) is 3.16. The summed E-state index contributed by atoms with van der Waals surface area (Å²) in [6.45, 7) is 2.60. The largest absolute Gasteiger partial charge is 0.377 e. The minimum absolute atomic E-state index is 0.264. The van der Waals surface area contributed by atoms with Gasteiger partial charge in [0.15, 0.2) is 0 Å². The zero-order valence-electron chi connectivity index (χ0n) is 8.91. The lowest BCUT2D eigenvalue weighted by molar-refractivity contribution is 0.183. The summed E-state index contributed by atoms with van der Waals surface area (Å²) in [6.07, 6.45) is 0. The molecule has 2 heterocycles. The summed E-state index contributed by atoms with van der Waals surface area (Å²) in [5.74, 6) is 0. The standard InChI is InChI=1S/C8H10N6OS/c1-5-6(3-10-13-9)14-8(11-5)16-7(12-14)4-15-2/h3-4H2,1-2H3. The molecule has 0 saturated carbocycles. The predicted molar refractivity (Wildman–Crippen MR) is 59.2 cm³/mol. The van der Waals surface area contributed by atoms with Crippen molar-refractivity contribution in [1.29, 1.82) is 0 Å². The van der Waals surface area contributed by atoms with Crippen LogP contribution in [0.3, 0.4) is 0 Å². The first-order valence-corrected chi connectivity index (χ1v) is 5.41. The van der Waals surface area contributed by atoms with Crippen LogP contribution in [0.2, 0.25) is 0 Å². The van der Waals surface area contributed by atoms with E-state index in [2.05, 4.69) is 20.1 Å². The third-order valence-corrected chi connectivity index (χ3v) is 2.97. The summed E-state index contributed by atoms with van der Waals surface area (Å²) < 4.78 is 6.71. The second-order valence-corrected chi connectivity index (χ2v) is 4.20. The lowest BCUT2D eigenvalue weighted by atomic mass is 10.3. The quantitative estimate of drug-likeness (QED) is 0.464. The molecule has 8 heteroatoms. The summed E-state index contributed by atoms with van der Waals surface area (Å²) in [5, 5.41) is 8.73. The first-order chi connectivity index (χ1) is 7.76. The fourth-order valence-electron chi connectivity index (χ4n) is 1.39. The molecule has 0 spiro atoms. The summed E-state index contributed by atoms with van der Waals surface area (Å²) in [7, 11) is 1.62. The van der Waals surface area contributed by atoms with Gasteiger partial charge in [0.25, 0.3) is 0 Å². The Kier molecular flexibility index (Phi) is 3.04. The fourth-order valence-corrected chi connectivity index (χ4v) is 2.32. The van der Waals surface area contributed by atoms with Gasteiger partial charge in [-0.2, -0.15) is 5.10 Å². The Morgan fingerprint density at radius 1 is 1.62 bits per heavy atom. The lowest BCUT2D eigenvalue weighted by Gasteiger charge is -1.94. The molecule has 0 atom stereocenters. The Morgan fingerprint density at radius 2 is 2.44 bits per heavy atom. The molecule has 2 rings (SSSR count). The number of aromatic nitrogens is 3. The summed E-state index contributed by atoms with van der Waals surface area (Å²) in [6, 6.07) is 0. The zero-order chi connectivity index (χ0) is 11.5. The van der Waals surface area contributed by atoms with E-state index in [1.165, 1.54) is 11.3 Å². The van der Waals surface area contributed by atoms with Gasteiger partial charge in [0, 0.05) is 12.0 Å². The Morgan fingerprint density at radius 3 is 3.12 bits per heavy atom. The molecule has 0 saturated heterocycles. The van der Waals surface area contributed by atoms with Gasteiger partial charge in [-0.25, -0.2) is 9.50 Å². The molecule has 0 aliphatic rings. The molecule has 0 fully saturated rings. The Bertz CT molecular complexity index is 552. The van der Waals surface area contributed by atoms with Crippen molar-refractivity contribution >= 4 is 16.3 Å². The Hall–Kier alpha value is -1.63. The van der Waals surface area contributed by atoms with E-state index in [4.69, 9.17) is 10.3 Å². The molecule has 2 aromatic rings. The van der Waals surface area contributed by atoms with Gasteiger partial charge >= 0.3 is 0 Å². The third kappa shape index (κ3) is 1.85. The van der Waals surface area contributed by atoms with Crippen LogP contribution in [0.4, 0.5) is 0 Å². The number of methoxy groups -OCH3 is 1. The predicted octanol–water partition coefficient (Wildman–Crippen LogP) is 2.06. The number of hydrogen-bond acceptors (Lipinski definition) is 5. The molecule has 84 valence electrons. The van der Waals surface area contributed by atoms with Gasteiger partial charge in [0.2, 0.25) is 4.96 Å². The Labute approximate surface area is 95.3 Å². The molecule has 16 heavy (non-hydrogen) atoms. The van der Waals surface area contributed by atoms with Crippen molar-refractivity contribution in [3.8, 4) is 0 Å². The van der Waals surface area contributed by atoms with Crippen LogP contribution >= 0.6 is 11.3 Å². The number of fused-ring (bicyclic) bond motifs is 1. The van der Waals surface area contributed by atoms with Gasteiger partial charge in [-0.3, -0.25) is 0 Å². The van der Waals surface area contributed by atoms with Crippen LogP contribution < -0.4 is 0 Å². The van der Waals surface area contributed by atoms with Crippen LogP contribution in [-0.2, 0) is 17.9 Å². The highest BCUT2D eigenvalue weighted by molar-refractivity contribution is 7.16. The molecule has 7 nitrogen and oxygen atoms in total. The van der Waals surface area contributed by atoms with Gasteiger partial charge in [-0.05, 0) is 12.5 Å². The number of imidazole rings is 1. The molecule has 0 unspecified atom stereocenters. The van der Waals surface area contributed by atoms with Gasteiger partial charge in [0.05, 0.1) is 24.5 Å². The van der Waals surface area contributed by atoms with E-state index >= 15 is 0 Å². The number of hydrogen-bond donors (Lipinski definition) is 0. The maximum absolute atomic E-state index is 8.31. The van der Waals surface area contributed by atoms with Gasteiger partial charge in [-0.15, -0.1) is 0 Å². The van der Waals surface area contributed by atoms with E-state index < -0.39 is 0 Å². The van der Waals surface area contributed by atoms with Crippen LogP contribution in [0, 0.1) is 6.92 Å². The average Bonchev–Trinajstić information content (AvgIpc) is 2.73. The average molecular weight is 238 g/mol. The van der Waals surface area contributed by atoms with Crippen molar-refractivity contribution in [1.82, 2.24) is 14.6 Å². The topological polar surface area (TPSA) is 88.2 Å². The van der Waals surface area contributed by atoms with Crippen molar-refractivity contribution < 1.29 is 4.74 Å². The van der Waals surface area contributed by atoms with E-state index in [-0.39, 0.29) is 6.54 Å². The number of nitrogens with zero attached hydrogens (tertiary/aromatic N) is 6. The third-order valence-electron chi connectivity index (χ3n) is 2.09. The number of aryl methyl sites for hydroxylation is 1. The van der Waals surface area contributed by atoms with Crippen molar-refractivity contribution in [3.63, 3.8) is 0 Å². The molecule has 0 amide bonds. The zero-order valence-corrected chi connectivity index (χ0v) is 9.73. The molecular formula is C8H10N6OS. The second kappa shape index (κ2) is 4.48. The van der Waals surface area contributed by atoms with Gasteiger partial charge < -0.3 is 4.74 Å². The maximum atomic E-state index is 8.31. The maximum Gasteiger partial charge on any atom is 0.212 e. The minimum atomic E-state index is 0.264. The Balaban J connectivity index is 2.44. The summed E-state index contributed by atoms with van der Waals surface area (Å²) in [5.41, 5.74) is 9.98. The molecule has 0 N–H and O–H groups in total. The molecule has 0 aromatic carbocycles. The summed E-state index contributed by atoms with van der Waals surface area (Å²) in [4.78, 5) is 7.88. The minimum Gasteiger partial charge on any atom is -0.377 e. The molecule has 0 aliphatic heterocycles. The van der Waals surface area contributed by atoms with E-state index in [9.17, 15) is 0 Å². The van der Waals surface area contributed by atoms with Crippen molar-refractivity contribution in [2.75, 3.05) is 7.11 Å². The van der Waals surface area contributed by atoms with Crippen molar-refractivity contribution in [2.45, 2.75) is 20.1 Å². The van der Waals surface area contributed by atoms with E-state index in [1.54, 1.807) is 11.6 Å². The highest BCUT2D eigenvalue weighted by Crippen LogP contribution is 2.19. The van der Waals surface area contributed by atoms with Gasteiger partial charge in [-0.1, -0.05) is 16.5 Å². The number of rotatable bonds is 4. The van der Waals surface area contributed by atoms with Crippen LogP contribution in [0.1, 0.15) is 16.4 Å². The molecule has 2 aromatic heterocycles. The van der Waals surface area contributed by atoms with Crippen molar-refractivity contribution in [3.05, 3.63) is 26.8 Å². The van der Waals surface area contributed by atoms with Crippen LogP contribution in [0.5, 0.6) is 0 Å². The molecule has 0 aliphatic carbocycles. The number of azide groups is 1.